The normalized spacial score (nSPS) is 11.2. The Labute approximate surface area is 96.5 Å². The van der Waals surface area contributed by atoms with Crippen molar-refractivity contribution >= 4 is 27.5 Å². The maximum Gasteiger partial charge on any atom is 0.573 e. The van der Waals surface area contributed by atoms with Gasteiger partial charge in [0.15, 0.2) is 0 Å². The molecule has 1 amide bonds. The molecule has 1 rings (SSSR count). The van der Waals surface area contributed by atoms with E-state index in [1.54, 1.807) is 0 Å². The molecule has 0 saturated heterocycles. The number of alkyl halides is 3. The molecule has 0 fully saturated rings. The molecule has 0 spiro atoms. The summed E-state index contributed by atoms with van der Waals surface area (Å²) in [5.74, 6) is -1.37. The van der Waals surface area contributed by atoms with Crippen molar-refractivity contribution in [2.45, 2.75) is 6.36 Å². The fourth-order valence-electron chi connectivity index (χ4n) is 0.985. The van der Waals surface area contributed by atoms with Crippen LogP contribution in [0.5, 0.6) is 5.75 Å². The van der Waals surface area contributed by atoms with Crippen LogP contribution in [0.4, 0.5) is 18.9 Å². The summed E-state index contributed by atoms with van der Waals surface area (Å²) in [5, 5.41) is 0. The third-order valence-corrected chi connectivity index (χ3v) is 2.21. The average Bonchev–Trinajstić information content (AvgIpc) is 2.07. The van der Waals surface area contributed by atoms with E-state index in [0.29, 0.717) is 0 Å². The van der Waals surface area contributed by atoms with Crippen LogP contribution in [0.3, 0.4) is 0 Å². The summed E-state index contributed by atoms with van der Waals surface area (Å²) in [6, 6.07) is 1.94. The number of hydrogen-bond acceptors (Lipinski definition) is 3. The number of ether oxygens (including phenoxy) is 1. The zero-order chi connectivity index (χ0) is 12.5. The van der Waals surface area contributed by atoms with E-state index in [2.05, 4.69) is 20.7 Å². The maximum absolute atomic E-state index is 11.9. The van der Waals surface area contributed by atoms with Crippen molar-refractivity contribution < 1.29 is 22.7 Å². The molecule has 0 aliphatic carbocycles. The Kier molecular flexibility index (Phi) is 3.32. The standard InChI is InChI=1S/C8H6BrF3N2O2/c9-4-1-3(7(14)15)5(13)2-6(4)16-8(10,11)12/h1-2H,13H2,(H2,14,15). The number of nitrogen functional groups attached to an aromatic ring is 1. The van der Waals surface area contributed by atoms with Gasteiger partial charge in [-0.05, 0) is 22.0 Å². The number of hydrogen-bond donors (Lipinski definition) is 2. The second kappa shape index (κ2) is 4.20. The molecule has 1 aromatic carbocycles. The minimum atomic E-state index is -4.83. The van der Waals surface area contributed by atoms with Gasteiger partial charge in [0.2, 0.25) is 0 Å². The van der Waals surface area contributed by atoms with E-state index in [0.717, 1.165) is 12.1 Å². The highest BCUT2D eigenvalue weighted by Crippen LogP contribution is 2.33. The number of carbonyl (C=O) groups excluding carboxylic acids is 1. The summed E-state index contributed by atoms with van der Waals surface area (Å²) in [7, 11) is 0. The van der Waals surface area contributed by atoms with Gasteiger partial charge in [-0.1, -0.05) is 0 Å². The van der Waals surface area contributed by atoms with Gasteiger partial charge in [-0.2, -0.15) is 0 Å². The van der Waals surface area contributed by atoms with E-state index in [4.69, 9.17) is 11.5 Å². The average molecular weight is 299 g/mol. The highest BCUT2D eigenvalue weighted by Gasteiger charge is 2.32. The topological polar surface area (TPSA) is 78.3 Å². The largest absolute Gasteiger partial charge is 0.573 e. The van der Waals surface area contributed by atoms with Crippen LogP contribution in [0.1, 0.15) is 10.4 Å². The SMILES string of the molecule is NC(=O)c1cc(Br)c(OC(F)(F)F)cc1N. The number of anilines is 1. The zero-order valence-corrected chi connectivity index (χ0v) is 9.22. The van der Waals surface area contributed by atoms with E-state index in [1.165, 1.54) is 0 Å². The van der Waals surface area contributed by atoms with Crippen molar-refractivity contribution in [1.29, 1.82) is 0 Å². The van der Waals surface area contributed by atoms with E-state index < -0.39 is 18.0 Å². The van der Waals surface area contributed by atoms with Crippen LogP contribution in [-0.2, 0) is 0 Å². The quantitative estimate of drug-likeness (QED) is 0.820. The molecule has 88 valence electrons. The Morgan fingerprint density at radius 2 is 1.94 bits per heavy atom. The molecular formula is C8H6BrF3N2O2. The Balaban J connectivity index is 3.16. The Hall–Kier alpha value is -1.44. The molecule has 0 heterocycles. The first-order valence-electron chi connectivity index (χ1n) is 3.85. The lowest BCUT2D eigenvalue weighted by molar-refractivity contribution is -0.274. The first-order valence-corrected chi connectivity index (χ1v) is 4.64. The smallest absolute Gasteiger partial charge is 0.405 e. The van der Waals surface area contributed by atoms with E-state index in [9.17, 15) is 18.0 Å². The van der Waals surface area contributed by atoms with Crippen LogP contribution >= 0.6 is 15.9 Å². The summed E-state index contributed by atoms with van der Waals surface area (Å²) in [6.45, 7) is 0. The molecule has 1 aromatic rings. The third-order valence-electron chi connectivity index (χ3n) is 1.60. The number of halogens is 4. The molecule has 8 heteroatoms. The maximum atomic E-state index is 11.9. The zero-order valence-electron chi connectivity index (χ0n) is 7.64. The van der Waals surface area contributed by atoms with E-state index >= 15 is 0 Å². The molecular weight excluding hydrogens is 293 g/mol. The van der Waals surface area contributed by atoms with E-state index in [1.807, 2.05) is 0 Å². The van der Waals surface area contributed by atoms with Crippen molar-refractivity contribution in [3.05, 3.63) is 22.2 Å². The number of rotatable bonds is 2. The number of nitrogens with two attached hydrogens (primary N) is 2. The summed E-state index contributed by atoms with van der Waals surface area (Å²) < 4.78 is 39.4. The van der Waals surface area contributed by atoms with Crippen LogP contribution < -0.4 is 16.2 Å². The van der Waals surface area contributed by atoms with Crippen molar-refractivity contribution in [3.8, 4) is 5.75 Å². The monoisotopic (exact) mass is 298 g/mol. The fraction of sp³-hybridized carbons (Fsp3) is 0.125. The summed E-state index contributed by atoms with van der Waals surface area (Å²) >= 11 is 2.81. The predicted molar refractivity (Wildman–Crippen MR) is 53.8 cm³/mol. The highest BCUT2D eigenvalue weighted by molar-refractivity contribution is 9.10. The molecule has 0 aliphatic rings. The van der Waals surface area contributed by atoms with Crippen molar-refractivity contribution in [3.63, 3.8) is 0 Å². The van der Waals surface area contributed by atoms with Crippen LogP contribution in [0.25, 0.3) is 0 Å². The predicted octanol–water partition coefficient (Wildman–Crippen LogP) is 2.03. The molecule has 0 bridgehead atoms. The van der Waals surface area contributed by atoms with Gasteiger partial charge in [0.05, 0.1) is 10.0 Å². The van der Waals surface area contributed by atoms with Crippen LogP contribution in [0.15, 0.2) is 16.6 Å². The van der Waals surface area contributed by atoms with E-state index in [-0.39, 0.29) is 15.7 Å². The van der Waals surface area contributed by atoms with Crippen molar-refractivity contribution in [2.24, 2.45) is 5.73 Å². The fourth-order valence-corrected chi connectivity index (χ4v) is 1.41. The minimum absolute atomic E-state index is 0.0622. The summed E-state index contributed by atoms with van der Waals surface area (Å²) in [6.07, 6.45) is -4.83. The molecule has 0 aliphatic heterocycles. The van der Waals surface area contributed by atoms with Gasteiger partial charge in [0, 0.05) is 11.8 Å². The van der Waals surface area contributed by atoms with Crippen molar-refractivity contribution in [1.82, 2.24) is 0 Å². The van der Waals surface area contributed by atoms with Gasteiger partial charge in [-0.25, -0.2) is 0 Å². The van der Waals surface area contributed by atoms with Crippen LogP contribution in [0.2, 0.25) is 0 Å². The second-order valence-corrected chi connectivity index (χ2v) is 3.64. The lowest BCUT2D eigenvalue weighted by Crippen LogP contribution is -2.18. The Morgan fingerprint density at radius 1 is 1.38 bits per heavy atom. The first-order chi connectivity index (χ1) is 7.20. The third kappa shape index (κ3) is 3.02. The van der Waals surface area contributed by atoms with Gasteiger partial charge in [-0.15, -0.1) is 13.2 Å². The molecule has 0 atom stereocenters. The molecule has 0 aromatic heterocycles. The van der Waals surface area contributed by atoms with Crippen molar-refractivity contribution in [2.75, 3.05) is 5.73 Å². The summed E-state index contributed by atoms with van der Waals surface area (Å²) in [5.41, 5.74) is 10.0. The Morgan fingerprint density at radius 3 is 2.38 bits per heavy atom. The number of primary amides is 1. The highest BCUT2D eigenvalue weighted by atomic mass is 79.9. The van der Waals surface area contributed by atoms with Gasteiger partial charge < -0.3 is 16.2 Å². The van der Waals surface area contributed by atoms with Crippen LogP contribution in [-0.4, -0.2) is 12.3 Å². The van der Waals surface area contributed by atoms with Gasteiger partial charge in [0.1, 0.15) is 5.75 Å². The van der Waals surface area contributed by atoms with Gasteiger partial charge in [-0.3, -0.25) is 4.79 Å². The molecule has 0 unspecified atom stereocenters. The lowest BCUT2D eigenvalue weighted by atomic mass is 10.1. The lowest BCUT2D eigenvalue weighted by Gasteiger charge is -2.12. The van der Waals surface area contributed by atoms with Gasteiger partial charge >= 0.3 is 6.36 Å². The number of benzene rings is 1. The summed E-state index contributed by atoms with van der Waals surface area (Å²) in [4.78, 5) is 10.8. The minimum Gasteiger partial charge on any atom is -0.405 e. The number of amides is 1. The molecule has 16 heavy (non-hydrogen) atoms. The first kappa shape index (κ1) is 12.6. The van der Waals surface area contributed by atoms with Crippen LogP contribution in [0, 0.1) is 0 Å². The molecule has 4 nitrogen and oxygen atoms in total. The molecule has 4 N–H and O–H groups in total. The Bertz CT molecular complexity index is 434. The number of carbonyl (C=O) groups is 1. The van der Waals surface area contributed by atoms with Gasteiger partial charge in [0.25, 0.3) is 5.91 Å². The second-order valence-electron chi connectivity index (χ2n) is 2.78. The molecule has 0 saturated carbocycles. The molecule has 0 radical (unpaired) electrons.